The number of carbonyl (C=O) groups excluding carboxylic acids is 1. The van der Waals surface area contributed by atoms with Gasteiger partial charge in [0.05, 0.1) is 6.10 Å². The van der Waals surface area contributed by atoms with E-state index in [1.165, 1.54) is 0 Å². The Morgan fingerprint density at radius 3 is 2.33 bits per heavy atom. The van der Waals surface area contributed by atoms with Crippen LogP contribution in [0.1, 0.15) is 48.0 Å². The average Bonchev–Trinajstić information content (AvgIpc) is 2.20. The molecule has 0 aliphatic heterocycles. The Morgan fingerprint density at radius 1 is 1.39 bits per heavy atom. The van der Waals surface area contributed by atoms with Crippen molar-refractivity contribution < 1.29 is 14.3 Å². The molecule has 18 heavy (non-hydrogen) atoms. The van der Waals surface area contributed by atoms with Gasteiger partial charge in [-0.15, -0.1) is 0 Å². The summed E-state index contributed by atoms with van der Waals surface area (Å²) in [6.07, 6.45) is 1.21. The van der Waals surface area contributed by atoms with E-state index in [4.69, 9.17) is 9.47 Å². The molecule has 0 aromatic heterocycles. The zero-order valence-electron chi connectivity index (χ0n) is 12.7. The van der Waals surface area contributed by atoms with Crippen LogP contribution in [0.2, 0.25) is 0 Å². The maximum atomic E-state index is 11.9. The van der Waals surface area contributed by atoms with Crippen LogP contribution in [-0.4, -0.2) is 36.9 Å². The van der Waals surface area contributed by atoms with Gasteiger partial charge in [-0.25, -0.2) is 0 Å². The first-order chi connectivity index (χ1) is 8.08. The van der Waals surface area contributed by atoms with Crippen LogP contribution in [0.5, 0.6) is 0 Å². The van der Waals surface area contributed by atoms with Crippen LogP contribution >= 0.6 is 0 Å². The summed E-state index contributed by atoms with van der Waals surface area (Å²) in [5.41, 5.74) is -0.373. The van der Waals surface area contributed by atoms with E-state index in [9.17, 15) is 4.79 Å². The highest BCUT2D eigenvalue weighted by Gasteiger charge is 2.49. The van der Waals surface area contributed by atoms with Crippen molar-refractivity contribution in [2.45, 2.75) is 71.8 Å². The predicted octanol–water partition coefficient (Wildman–Crippen LogP) is 2.12. The summed E-state index contributed by atoms with van der Waals surface area (Å²) < 4.78 is 10.8. The van der Waals surface area contributed by atoms with Crippen LogP contribution < -0.4 is 5.32 Å². The van der Waals surface area contributed by atoms with Gasteiger partial charge in [-0.2, -0.15) is 0 Å². The monoisotopic (exact) mass is 257 g/mol. The van der Waals surface area contributed by atoms with Crippen molar-refractivity contribution in [3.05, 3.63) is 0 Å². The second kappa shape index (κ2) is 5.17. The molecule has 106 valence electrons. The number of hydrogen-bond acceptors (Lipinski definition) is 4. The number of ether oxygens (including phenoxy) is 2. The smallest absolute Gasteiger partial charge is 0.323 e. The minimum absolute atomic E-state index is 0.0605. The third-order valence-electron chi connectivity index (χ3n) is 3.67. The first kappa shape index (κ1) is 15.4. The van der Waals surface area contributed by atoms with Crippen LogP contribution in [0.25, 0.3) is 0 Å². The quantitative estimate of drug-likeness (QED) is 0.784. The largest absolute Gasteiger partial charge is 0.459 e. The van der Waals surface area contributed by atoms with Crippen molar-refractivity contribution in [1.29, 1.82) is 0 Å². The number of esters is 1. The molecular weight excluding hydrogens is 230 g/mol. The molecule has 0 aromatic carbocycles. The molecule has 1 saturated carbocycles. The van der Waals surface area contributed by atoms with E-state index in [0.717, 1.165) is 6.42 Å². The highest BCUT2D eigenvalue weighted by Crippen LogP contribution is 2.42. The van der Waals surface area contributed by atoms with Crippen molar-refractivity contribution >= 4 is 5.97 Å². The lowest BCUT2D eigenvalue weighted by Gasteiger charge is -2.52. The van der Waals surface area contributed by atoms with Crippen LogP contribution in [0.4, 0.5) is 0 Å². The molecule has 0 radical (unpaired) electrons. The molecule has 0 saturated heterocycles. The van der Waals surface area contributed by atoms with Crippen molar-refractivity contribution in [3.8, 4) is 0 Å². The minimum Gasteiger partial charge on any atom is -0.459 e. The Hall–Kier alpha value is -0.610. The van der Waals surface area contributed by atoms with Crippen LogP contribution in [0.3, 0.4) is 0 Å². The Kier molecular flexibility index (Phi) is 4.44. The van der Waals surface area contributed by atoms with Crippen molar-refractivity contribution in [2.24, 2.45) is 5.41 Å². The van der Waals surface area contributed by atoms with E-state index in [2.05, 4.69) is 19.2 Å². The Labute approximate surface area is 110 Å². The maximum Gasteiger partial charge on any atom is 0.323 e. The minimum atomic E-state index is -0.433. The first-order valence-electron chi connectivity index (χ1n) is 6.59. The molecule has 0 heterocycles. The molecule has 1 N–H and O–H groups in total. The number of methoxy groups -OCH3 is 1. The molecule has 0 bridgehead atoms. The Balaban J connectivity index is 2.47. The van der Waals surface area contributed by atoms with Gasteiger partial charge in [0, 0.05) is 18.6 Å². The third-order valence-corrected chi connectivity index (χ3v) is 3.67. The van der Waals surface area contributed by atoms with Gasteiger partial charge >= 0.3 is 5.97 Å². The number of hydrogen-bond donors (Lipinski definition) is 1. The standard InChI is InChI=1S/C14H27NO3/c1-9(12(16)18-13(2,3)4)15-10-8-11(17-7)14(10,5)6/h9-11,15H,8H2,1-7H3. The molecule has 0 aromatic rings. The number of rotatable bonds is 4. The summed E-state index contributed by atoms with van der Waals surface area (Å²) in [4.78, 5) is 11.9. The third kappa shape index (κ3) is 3.45. The fourth-order valence-corrected chi connectivity index (χ4v) is 2.33. The van der Waals surface area contributed by atoms with E-state index in [0.29, 0.717) is 6.04 Å². The van der Waals surface area contributed by atoms with Gasteiger partial charge in [0.2, 0.25) is 0 Å². The summed E-state index contributed by atoms with van der Waals surface area (Å²) in [6, 6.07) is 0.0104. The molecule has 1 rings (SSSR count). The summed E-state index contributed by atoms with van der Waals surface area (Å²) in [7, 11) is 1.74. The normalized spacial score (nSPS) is 28.4. The van der Waals surface area contributed by atoms with Gasteiger partial charge < -0.3 is 14.8 Å². The van der Waals surface area contributed by atoms with Crippen molar-refractivity contribution in [3.63, 3.8) is 0 Å². The first-order valence-corrected chi connectivity index (χ1v) is 6.59. The predicted molar refractivity (Wildman–Crippen MR) is 71.4 cm³/mol. The van der Waals surface area contributed by atoms with E-state index < -0.39 is 5.60 Å². The Bertz CT molecular complexity index is 307. The summed E-state index contributed by atoms with van der Waals surface area (Å²) in [5.74, 6) is -0.195. The highest BCUT2D eigenvalue weighted by molar-refractivity contribution is 5.75. The van der Waals surface area contributed by atoms with E-state index in [1.54, 1.807) is 7.11 Å². The summed E-state index contributed by atoms with van der Waals surface area (Å²) in [6.45, 7) is 11.8. The second-order valence-electron chi connectivity index (χ2n) is 6.76. The average molecular weight is 257 g/mol. The van der Waals surface area contributed by atoms with Crippen molar-refractivity contribution in [1.82, 2.24) is 5.32 Å². The molecule has 0 amide bonds. The second-order valence-corrected chi connectivity index (χ2v) is 6.76. The van der Waals surface area contributed by atoms with Gasteiger partial charge in [-0.05, 0) is 34.1 Å². The number of nitrogens with one attached hydrogen (secondary N) is 1. The molecule has 1 aliphatic carbocycles. The number of carbonyl (C=O) groups is 1. The molecule has 3 atom stereocenters. The van der Waals surface area contributed by atoms with Crippen LogP contribution in [-0.2, 0) is 14.3 Å². The van der Waals surface area contributed by atoms with E-state index in [-0.39, 0.29) is 23.5 Å². The lowest BCUT2D eigenvalue weighted by molar-refractivity contribution is -0.159. The molecular formula is C14H27NO3. The molecule has 3 unspecified atom stereocenters. The SMILES string of the molecule is COC1CC(NC(C)C(=O)OC(C)(C)C)C1(C)C. The van der Waals surface area contributed by atoms with Gasteiger partial charge in [-0.1, -0.05) is 13.8 Å². The van der Waals surface area contributed by atoms with Crippen LogP contribution in [0, 0.1) is 5.41 Å². The van der Waals surface area contributed by atoms with Gasteiger partial charge in [0.1, 0.15) is 11.6 Å². The molecule has 4 heteroatoms. The molecule has 0 spiro atoms. The maximum absolute atomic E-state index is 11.9. The molecule has 1 aliphatic rings. The lowest BCUT2D eigenvalue weighted by Crippen LogP contribution is -2.63. The lowest BCUT2D eigenvalue weighted by atomic mass is 9.64. The fraction of sp³-hybridized carbons (Fsp3) is 0.929. The topological polar surface area (TPSA) is 47.6 Å². The van der Waals surface area contributed by atoms with Gasteiger partial charge in [-0.3, -0.25) is 4.79 Å². The van der Waals surface area contributed by atoms with Crippen LogP contribution in [0.15, 0.2) is 0 Å². The molecule has 1 fully saturated rings. The molecule has 4 nitrogen and oxygen atoms in total. The zero-order valence-corrected chi connectivity index (χ0v) is 12.7. The van der Waals surface area contributed by atoms with E-state index >= 15 is 0 Å². The van der Waals surface area contributed by atoms with Gasteiger partial charge in [0.25, 0.3) is 0 Å². The van der Waals surface area contributed by atoms with Gasteiger partial charge in [0.15, 0.2) is 0 Å². The van der Waals surface area contributed by atoms with E-state index in [1.807, 2.05) is 27.7 Å². The van der Waals surface area contributed by atoms with Crippen molar-refractivity contribution in [2.75, 3.05) is 7.11 Å². The fourth-order valence-electron chi connectivity index (χ4n) is 2.33. The zero-order chi connectivity index (χ0) is 14.1. The Morgan fingerprint density at radius 2 is 1.94 bits per heavy atom. The highest BCUT2D eigenvalue weighted by atomic mass is 16.6. The summed E-state index contributed by atoms with van der Waals surface area (Å²) in [5, 5.41) is 3.34. The summed E-state index contributed by atoms with van der Waals surface area (Å²) >= 11 is 0.